The first-order chi connectivity index (χ1) is 8.17. The van der Waals surface area contributed by atoms with E-state index in [2.05, 4.69) is 11.7 Å². The second kappa shape index (κ2) is 6.84. The molecule has 0 saturated carbocycles. The zero-order chi connectivity index (χ0) is 12.7. The van der Waals surface area contributed by atoms with E-state index in [1.54, 1.807) is 0 Å². The Bertz CT molecular complexity index is 396. The lowest BCUT2D eigenvalue weighted by Crippen LogP contribution is -2.04. The Hall–Kier alpha value is -1.64. The third kappa shape index (κ3) is 4.39. The monoisotopic (exact) mass is 234 g/mol. The van der Waals surface area contributed by atoms with Gasteiger partial charge in [0.2, 0.25) is 0 Å². The second-order valence-electron chi connectivity index (χ2n) is 3.91. The molecule has 1 aromatic carbocycles. The van der Waals surface area contributed by atoms with Gasteiger partial charge in [0, 0.05) is 18.4 Å². The van der Waals surface area contributed by atoms with Gasteiger partial charge in [0.1, 0.15) is 0 Å². The summed E-state index contributed by atoms with van der Waals surface area (Å²) in [5, 5.41) is 0. The molecule has 0 aromatic heterocycles. The van der Waals surface area contributed by atoms with Crippen molar-refractivity contribution in [1.29, 1.82) is 0 Å². The van der Waals surface area contributed by atoms with E-state index in [9.17, 15) is 9.59 Å². The highest BCUT2D eigenvalue weighted by Crippen LogP contribution is 2.10. The van der Waals surface area contributed by atoms with E-state index in [1.165, 1.54) is 7.11 Å². The highest BCUT2D eigenvalue weighted by Gasteiger charge is 2.08. The van der Waals surface area contributed by atoms with Crippen LogP contribution in [0.5, 0.6) is 0 Å². The molecule has 92 valence electrons. The zero-order valence-electron chi connectivity index (χ0n) is 10.4. The van der Waals surface area contributed by atoms with Crippen molar-refractivity contribution in [2.75, 3.05) is 7.11 Å². The van der Waals surface area contributed by atoms with Crippen molar-refractivity contribution in [3.63, 3.8) is 0 Å². The van der Waals surface area contributed by atoms with E-state index in [4.69, 9.17) is 0 Å². The van der Waals surface area contributed by atoms with Crippen LogP contribution in [0, 0.1) is 0 Å². The van der Waals surface area contributed by atoms with Gasteiger partial charge < -0.3 is 4.74 Å². The largest absolute Gasteiger partial charge is 0.469 e. The first-order valence-corrected chi connectivity index (χ1v) is 5.86. The number of hydrogen-bond donors (Lipinski definition) is 0. The van der Waals surface area contributed by atoms with E-state index in [-0.39, 0.29) is 11.8 Å². The molecule has 0 N–H and O–H groups in total. The van der Waals surface area contributed by atoms with Crippen LogP contribution in [0.4, 0.5) is 0 Å². The third-order valence-corrected chi connectivity index (χ3v) is 2.67. The van der Waals surface area contributed by atoms with Crippen LogP contribution < -0.4 is 0 Å². The Morgan fingerprint density at radius 1 is 1.24 bits per heavy atom. The fourth-order valence-corrected chi connectivity index (χ4v) is 1.60. The molecule has 3 heteroatoms. The van der Waals surface area contributed by atoms with Gasteiger partial charge in [-0.05, 0) is 24.5 Å². The standard InChI is InChI=1S/C14H18O3/c1-3-11-6-4-7-12(10-11)13(15)8-5-9-14(16)17-2/h4,6-7,10H,3,5,8-9H2,1-2H3. The van der Waals surface area contributed by atoms with Crippen molar-refractivity contribution < 1.29 is 14.3 Å². The SMILES string of the molecule is CCc1cccc(C(=O)CCCC(=O)OC)c1. The van der Waals surface area contributed by atoms with Crippen molar-refractivity contribution >= 4 is 11.8 Å². The minimum Gasteiger partial charge on any atom is -0.469 e. The van der Waals surface area contributed by atoms with Crippen LogP contribution in [0.25, 0.3) is 0 Å². The molecular weight excluding hydrogens is 216 g/mol. The second-order valence-corrected chi connectivity index (χ2v) is 3.91. The lowest BCUT2D eigenvalue weighted by atomic mass is 10.0. The quantitative estimate of drug-likeness (QED) is 0.561. The number of hydrogen-bond acceptors (Lipinski definition) is 3. The number of carbonyl (C=O) groups is 2. The van der Waals surface area contributed by atoms with Crippen LogP contribution in [0.15, 0.2) is 24.3 Å². The van der Waals surface area contributed by atoms with E-state index in [1.807, 2.05) is 24.3 Å². The molecule has 1 aromatic rings. The summed E-state index contributed by atoms with van der Waals surface area (Å²) in [6.45, 7) is 2.06. The summed E-state index contributed by atoms with van der Waals surface area (Å²) in [7, 11) is 1.36. The molecule has 0 radical (unpaired) electrons. The number of aryl methyl sites for hydroxylation is 1. The maximum atomic E-state index is 11.8. The van der Waals surface area contributed by atoms with Crippen LogP contribution in [-0.4, -0.2) is 18.9 Å². The highest BCUT2D eigenvalue weighted by atomic mass is 16.5. The molecule has 0 aliphatic rings. The van der Waals surface area contributed by atoms with Gasteiger partial charge in [-0.15, -0.1) is 0 Å². The average Bonchev–Trinajstić information content (AvgIpc) is 2.38. The number of benzene rings is 1. The van der Waals surface area contributed by atoms with Crippen molar-refractivity contribution in [1.82, 2.24) is 0 Å². The average molecular weight is 234 g/mol. The molecule has 0 unspecified atom stereocenters. The number of ketones is 1. The summed E-state index contributed by atoms with van der Waals surface area (Å²) in [5.41, 5.74) is 1.89. The Morgan fingerprint density at radius 2 is 2.00 bits per heavy atom. The smallest absolute Gasteiger partial charge is 0.305 e. The van der Waals surface area contributed by atoms with Crippen LogP contribution in [-0.2, 0) is 16.0 Å². The lowest BCUT2D eigenvalue weighted by Gasteiger charge is -2.03. The van der Waals surface area contributed by atoms with Gasteiger partial charge in [-0.3, -0.25) is 9.59 Å². The van der Waals surface area contributed by atoms with Crippen molar-refractivity contribution in [3.05, 3.63) is 35.4 Å². The number of rotatable bonds is 6. The predicted octanol–water partition coefficient (Wildman–Crippen LogP) is 2.78. The van der Waals surface area contributed by atoms with E-state index in [0.29, 0.717) is 19.3 Å². The van der Waals surface area contributed by atoms with E-state index >= 15 is 0 Å². The predicted molar refractivity (Wildman–Crippen MR) is 66.0 cm³/mol. The number of esters is 1. The van der Waals surface area contributed by atoms with Gasteiger partial charge >= 0.3 is 5.97 Å². The Morgan fingerprint density at radius 3 is 2.65 bits per heavy atom. The topological polar surface area (TPSA) is 43.4 Å². The molecule has 0 aliphatic carbocycles. The molecule has 3 nitrogen and oxygen atoms in total. The Labute approximate surface area is 102 Å². The first kappa shape index (κ1) is 13.4. The molecule has 0 spiro atoms. The summed E-state index contributed by atoms with van der Waals surface area (Å²) in [4.78, 5) is 22.7. The fraction of sp³-hybridized carbons (Fsp3) is 0.429. The number of ether oxygens (including phenoxy) is 1. The minimum absolute atomic E-state index is 0.0872. The van der Waals surface area contributed by atoms with Crippen LogP contribution in [0.1, 0.15) is 42.1 Å². The van der Waals surface area contributed by atoms with Crippen LogP contribution >= 0.6 is 0 Å². The van der Waals surface area contributed by atoms with E-state index in [0.717, 1.165) is 17.5 Å². The normalized spacial score (nSPS) is 10.0. The molecule has 1 rings (SSSR count). The Balaban J connectivity index is 2.49. The number of Topliss-reactive ketones (excluding diaryl/α,β-unsaturated/α-hetero) is 1. The maximum absolute atomic E-state index is 11.8. The summed E-state index contributed by atoms with van der Waals surface area (Å²) < 4.78 is 4.52. The summed E-state index contributed by atoms with van der Waals surface area (Å²) in [5.74, 6) is -0.177. The molecule has 0 heterocycles. The van der Waals surface area contributed by atoms with Crippen molar-refractivity contribution in [2.24, 2.45) is 0 Å². The van der Waals surface area contributed by atoms with Crippen LogP contribution in [0.3, 0.4) is 0 Å². The molecule has 0 aliphatic heterocycles. The van der Waals surface area contributed by atoms with E-state index < -0.39 is 0 Å². The third-order valence-electron chi connectivity index (χ3n) is 2.67. The van der Waals surface area contributed by atoms with Crippen LogP contribution in [0.2, 0.25) is 0 Å². The molecule has 17 heavy (non-hydrogen) atoms. The van der Waals surface area contributed by atoms with Gasteiger partial charge in [-0.2, -0.15) is 0 Å². The first-order valence-electron chi connectivity index (χ1n) is 5.86. The molecule has 0 atom stereocenters. The minimum atomic E-state index is -0.264. The highest BCUT2D eigenvalue weighted by molar-refractivity contribution is 5.96. The van der Waals surface area contributed by atoms with Gasteiger partial charge in [-0.25, -0.2) is 0 Å². The molecule has 0 bridgehead atoms. The molecule has 0 fully saturated rings. The van der Waals surface area contributed by atoms with Crippen molar-refractivity contribution in [3.8, 4) is 0 Å². The summed E-state index contributed by atoms with van der Waals surface area (Å²) >= 11 is 0. The summed E-state index contributed by atoms with van der Waals surface area (Å²) in [6.07, 6.45) is 2.16. The zero-order valence-corrected chi connectivity index (χ0v) is 10.4. The van der Waals surface area contributed by atoms with Gasteiger partial charge in [0.15, 0.2) is 5.78 Å². The lowest BCUT2D eigenvalue weighted by molar-refractivity contribution is -0.140. The molecular formula is C14H18O3. The van der Waals surface area contributed by atoms with Gasteiger partial charge in [-0.1, -0.05) is 25.1 Å². The molecule has 0 saturated heterocycles. The number of methoxy groups -OCH3 is 1. The molecule has 0 amide bonds. The van der Waals surface area contributed by atoms with Gasteiger partial charge in [0.25, 0.3) is 0 Å². The fourth-order valence-electron chi connectivity index (χ4n) is 1.60. The summed E-state index contributed by atoms with van der Waals surface area (Å²) in [6, 6.07) is 7.64. The maximum Gasteiger partial charge on any atom is 0.305 e. The van der Waals surface area contributed by atoms with Gasteiger partial charge in [0.05, 0.1) is 7.11 Å². The Kier molecular flexibility index (Phi) is 5.40. The van der Waals surface area contributed by atoms with Crippen molar-refractivity contribution in [2.45, 2.75) is 32.6 Å². The number of carbonyl (C=O) groups excluding carboxylic acids is 2.